The number of imidazole rings is 2. The largest absolute Gasteiger partial charge is 0.345 e. The number of rotatable bonds is 5. The topological polar surface area (TPSA) is 104 Å². The van der Waals surface area contributed by atoms with Gasteiger partial charge in [0, 0.05) is 23.6 Å². The maximum atomic E-state index is 14.4. The van der Waals surface area contributed by atoms with Crippen molar-refractivity contribution in [1.82, 2.24) is 24.1 Å². The number of benzene rings is 3. The normalized spacial score (nSPS) is 11.3. The van der Waals surface area contributed by atoms with Crippen molar-refractivity contribution in [2.75, 3.05) is 5.32 Å². The van der Waals surface area contributed by atoms with Crippen LogP contribution in [0.4, 0.5) is 10.1 Å². The van der Waals surface area contributed by atoms with Crippen LogP contribution in [-0.4, -0.2) is 30.0 Å². The van der Waals surface area contributed by atoms with Crippen molar-refractivity contribution in [3.8, 4) is 16.9 Å². The average molecular weight is 526 g/mol. The monoisotopic (exact) mass is 525 g/mol. The van der Waals surface area contributed by atoms with Crippen LogP contribution < -0.4 is 10.9 Å². The highest BCUT2D eigenvalue weighted by Gasteiger charge is 2.16. The first kappa shape index (κ1) is 23.6. The first-order chi connectivity index (χ1) is 18.4. The summed E-state index contributed by atoms with van der Waals surface area (Å²) in [5.41, 5.74) is 6.50. The van der Waals surface area contributed by atoms with Gasteiger partial charge in [0.05, 0.1) is 58.2 Å². The number of nitrogens with one attached hydrogen (secondary N) is 3. The molecule has 3 N–H and O–H groups in total. The van der Waals surface area contributed by atoms with E-state index in [4.69, 9.17) is 17.0 Å². The number of aromatic nitrogens is 5. The third-order valence-electron chi connectivity index (χ3n) is 6.37. The van der Waals surface area contributed by atoms with Crippen molar-refractivity contribution in [3.05, 3.63) is 101 Å². The van der Waals surface area contributed by atoms with Crippen LogP contribution in [0.5, 0.6) is 0 Å². The van der Waals surface area contributed by atoms with Crippen LogP contribution in [0.2, 0.25) is 5.02 Å². The van der Waals surface area contributed by atoms with E-state index in [0.29, 0.717) is 45.2 Å². The number of halogens is 2. The highest BCUT2D eigenvalue weighted by molar-refractivity contribution is 6.31. The quantitative estimate of drug-likeness (QED) is 0.271. The second-order valence-corrected chi connectivity index (χ2v) is 9.30. The Hall–Kier alpha value is -4.76. The SMILES string of the molecule is CC(=O)Nc1ccc(Cl)cc1-c1ccc(-n2c(=N)n(Cc3cccc4[nH]cnc34)c3ccc(F)cc32)cn1. The first-order valence-electron chi connectivity index (χ1n) is 11.8. The minimum Gasteiger partial charge on any atom is -0.345 e. The number of fused-ring (bicyclic) bond motifs is 2. The Balaban J connectivity index is 1.46. The summed E-state index contributed by atoms with van der Waals surface area (Å²) in [7, 11) is 0. The molecule has 0 saturated heterocycles. The molecule has 0 aliphatic heterocycles. The van der Waals surface area contributed by atoms with Gasteiger partial charge in [-0.2, -0.15) is 0 Å². The lowest BCUT2D eigenvalue weighted by atomic mass is 10.1. The number of carbonyl (C=O) groups excluding carboxylic acids is 1. The zero-order valence-electron chi connectivity index (χ0n) is 20.2. The Kier molecular flexibility index (Phi) is 5.77. The Bertz CT molecular complexity index is 1900. The summed E-state index contributed by atoms with van der Waals surface area (Å²) in [6.07, 6.45) is 3.26. The summed E-state index contributed by atoms with van der Waals surface area (Å²) in [6.45, 7) is 1.81. The summed E-state index contributed by atoms with van der Waals surface area (Å²) in [5, 5.41) is 12.3. The van der Waals surface area contributed by atoms with E-state index in [0.717, 1.165) is 16.6 Å². The van der Waals surface area contributed by atoms with E-state index >= 15 is 0 Å². The number of anilines is 1. The van der Waals surface area contributed by atoms with Gasteiger partial charge < -0.3 is 14.9 Å². The molecule has 3 aromatic heterocycles. The molecule has 3 aromatic carbocycles. The molecule has 1 amide bonds. The van der Waals surface area contributed by atoms with E-state index in [1.807, 2.05) is 28.8 Å². The van der Waals surface area contributed by atoms with Crippen LogP contribution in [0.3, 0.4) is 0 Å². The van der Waals surface area contributed by atoms with Gasteiger partial charge in [0.15, 0.2) is 0 Å². The molecule has 0 bridgehead atoms. The lowest BCUT2D eigenvalue weighted by molar-refractivity contribution is -0.114. The number of nitrogens with zero attached hydrogens (tertiary/aromatic N) is 4. The molecule has 0 aliphatic carbocycles. The predicted molar refractivity (Wildman–Crippen MR) is 145 cm³/mol. The van der Waals surface area contributed by atoms with Crippen molar-refractivity contribution >= 4 is 45.3 Å². The minimum atomic E-state index is -0.402. The third kappa shape index (κ3) is 4.12. The van der Waals surface area contributed by atoms with Gasteiger partial charge in [-0.05, 0) is 54.1 Å². The molecule has 0 atom stereocenters. The lowest BCUT2D eigenvalue weighted by Gasteiger charge is -2.11. The molecular weight excluding hydrogens is 505 g/mol. The van der Waals surface area contributed by atoms with Crippen LogP contribution in [0, 0.1) is 11.2 Å². The fourth-order valence-electron chi connectivity index (χ4n) is 4.70. The van der Waals surface area contributed by atoms with Crippen LogP contribution in [0.15, 0.2) is 79.3 Å². The molecule has 0 aliphatic rings. The maximum absolute atomic E-state index is 14.4. The molecule has 188 valence electrons. The van der Waals surface area contributed by atoms with Crippen LogP contribution in [0.1, 0.15) is 12.5 Å². The number of pyridine rings is 1. The molecule has 6 aromatic rings. The highest BCUT2D eigenvalue weighted by atomic mass is 35.5. The summed E-state index contributed by atoms with van der Waals surface area (Å²) in [5.74, 6) is -0.610. The number of carbonyl (C=O) groups is 1. The van der Waals surface area contributed by atoms with Gasteiger partial charge in [-0.1, -0.05) is 23.7 Å². The number of hydrogen-bond donors (Lipinski definition) is 3. The third-order valence-corrected chi connectivity index (χ3v) is 6.61. The van der Waals surface area contributed by atoms with E-state index in [9.17, 15) is 9.18 Å². The molecule has 3 heterocycles. The van der Waals surface area contributed by atoms with Crippen LogP contribution in [0.25, 0.3) is 39.0 Å². The van der Waals surface area contributed by atoms with Crippen molar-refractivity contribution in [2.45, 2.75) is 13.5 Å². The molecule has 6 rings (SSSR count). The van der Waals surface area contributed by atoms with Crippen LogP contribution >= 0.6 is 11.6 Å². The summed E-state index contributed by atoms with van der Waals surface area (Å²) < 4.78 is 17.9. The number of para-hydroxylation sites is 1. The van der Waals surface area contributed by atoms with Gasteiger partial charge in [0.25, 0.3) is 0 Å². The van der Waals surface area contributed by atoms with Crippen LogP contribution in [-0.2, 0) is 11.3 Å². The Morgan fingerprint density at radius 3 is 2.74 bits per heavy atom. The molecule has 0 radical (unpaired) electrons. The van der Waals surface area contributed by atoms with Gasteiger partial charge in [-0.25, -0.2) is 9.37 Å². The molecule has 8 nitrogen and oxygen atoms in total. The van der Waals surface area contributed by atoms with E-state index in [-0.39, 0.29) is 11.5 Å². The first-order valence-corrected chi connectivity index (χ1v) is 12.2. The number of aromatic amines is 1. The summed E-state index contributed by atoms with van der Waals surface area (Å²) >= 11 is 6.22. The van der Waals surface area contributed by atoms with Gasteiger partial charge in [0.1, 0.15) is 5.82 Å². The maximum Gasteiger partial charge on any atom is 0.221 e. The second kappa shape index (κ2) is 9.28. The predicted octanol–water partition coefficient (Wildman–Crippen LogP) is 5.65. The van der Waals surface area contributed by atoms with Crippen molar-refractivity contribution in [2.24, 2.45) is 0 Å². The fraction of sp³-hybridized carbons (Fsp3) is 0.0714. The number of H-pyrrole nitrogens is 1. The van der Waals surface area contributed by atoms with Gasteiger partial charge in [-0.3, -0.25) is 19.8 Å². The molecule has 0 saturated carbocycles. The zero-order valence-corrected chi connectivity index (χ0v) is 20.9. The van der Waals surface area contributed by atoms with E-state index in [2.05, 4.69) is 20.3 Å². The van der Waals surface area contributed by atoms with Crippen molar-refractivity contribution in [1.29, 1.82) is 5.41 Å². The number of hydrogen-bond acceptors (Lipinski definition) is 4. The van der Waals surface area contributed by atoms with Gasteiger partial charge >= 0.3 is 0 Å². The Morgan fingerprint density at radius 2 is 1.95 bits per heavy atom. The van der Waals surface area contributed by atoms with Crippen molar-refractivity contribution in [3.63, 3.8) is 0 Å². The lowest BCUT2D eigenvalue weighted by Crippen LogP contribution is -2.24. The zero-order chi connectivity index (χ0) is 26.4. The minimum absolute atomic E-state index is 0.161. The molecule has 0 fully saturated rings. The van der Waals surface area contributed by atoms with E-state index in [1.165, 1.54) is 19.1 Å². The molecule has 38 heavy (non-hydrogen) atoms. The standard InChI is InChI=1S/C28H21ClFN7O/c1-16(38)35-23-8-5-18(29)11-21(23)22-9-7-20(13-32-22)37-26-12-19(30)6-10-25(26)36(28(37)31)14-17-3-2-4-24-27(17)34-15-33-24/h2-13,15,31H,14H2,1H3,(H,33,34)(H,35,38). The number of amides is 1. The average Bonchev–Trinajstić information content (AvgIpc) is 3.48. The smallest absolute Gasteiger partial charge is 0.221 e. The summed E-state index contributed by atoms with van der Waals surface area (Å²) in [6, 6.07) is 19.1. The summed E-state index contributed by atoms with van der Waals surface area (Å²) in [4.78, 5) is 23.8. The molecule has 0 unspecified atom stereocenters. The van der Waals surface area contributed by atoms with Gasteiger partial charge in [-0.15, -0.1) is 0 Å². The van der Waals surface area contributed by atoms with Gasteiger partial charge in [0.2, 0.25) is 11.5 Å². The molecular formula is C28H21ClFN7O. The molecule has 10 heteroatoms. The Labute approximate surface area is 220 Å². The van der Waals surface area contributed by atoms with Crippen molar-refractivity contribution < 1.29 is 9.18 Å². The molecule has 0 spiro atoms. The Morgan fingerprint density at radius 1 is 1.08 bits per heavy atom. The fourth-order valence-corrected chi connectivity index (χ4v) is 4.88. The van der Waals surface area contributed by atoms with E-state index < -0.39 is 5.82 Å². The van der Waals surface area contributed by atoms with E-state index in [1.54, 1.807) is 47.4 Å². The second-order valence-electron chi connectivity index (χ2n) is 8.87. The highest BCUT2D eigenvalue weighted by Crippen LogP contribution is 2.30.